The van der Waals surface area contributed by atoms with Gasteiger partial charge in [0.15, 0.2) is 0 Å². The van der Waals surface area contributed by atoms with E-state index >= 15 is 0 Å². The van der Waals surface area contributed by atoms with Crippen molar-refractivity contribution >= 4 is 10.4 Å². The summed E-state index contributed by atoms with van der Waals surface area (Å²) in [6.07, 6.45) is 23.9. The zero-order chi connectivity index (χ0) is 18.5. The fourth-order valence-electron chi connectivity index (χ4n) is 2.39. The molecule has 0 amide bonds. The Balaban J connectivity index is -0.000000304. The summed E-state index contributed by atoms with van der Waals surface area (Å²) >= 11 is 0. The molecule has 0 rings (SSSR count). The summed E-state index contributed by atoms with van der Waals surface area (Å²) in [6, 6.07) is 0. The van der Waals surface area contributed by atoms with E-state index in [1.54, 1.807) is 0 Å². The van der Waals surface area contributed by atoms with Crippen molar-refractivity contribution in [1.82, 2.24) is 0 Å². The van der Waals surface area contributed by atoms with E-state index in [1.165, 1.54) is 89.9 Å². The van der Waals surface area contributed by atoms with E-state index in [0.29, 0.717) is 0 Å². The van der Waals surface area contributed by atoms with E-state index in [2.05, 4.69) is 19.1 Å². The van der Waals surface area contributed by atoms with Crippen LogP contribution in [0.5, 0.6) is 0 Å². The van der Waals surface area contributed by atoms with E-state index in [0.717, 1.165) is 6.54 Å². The van der Waals surface area contributed by atoms with Crippen LogP contribution in [-0.4, -0.2) is 24.1 Å². The summed E-state index contributed by atoms with van der Waals surface area (Å²) in [6.45, 7) is 3.14. The Morgan fingerprint density at radius 3 is 1.35 bits per heavy atom. The number of hydrogen-bond donors (Lipinski definition) is 1. The van der Waals surface area contributed by atoms with Gasteiger partial charge in [-0.25, -0.2) is 0 Å². The van der Waals surface area contributed by atoms with Gasteiger partial charge in [-0.2, -0.15) is 0 Å². The van der Waals surface area contributed by atoms with E-state index in [1.807, 2.05) is 0 Å². The third-order valence-electron chi connectivity index (χ3n) is 3.72. The molecule has 0 heterocycles. The Morgan fingerprint density at radius 1 is 0.692 bits per heavy atom. The first kappa shape index (κ1) is 35.0. The molecule has 26 heavy (non-hydrogen) atoms. The maximum atomic E-state index is 8.52. The molecule has 0 fully saturated rings. The number of hydrogen-bond acceptors (Lipinski definition) is 5. The minimum Gasteiger partial charge on any atom is -0.759 e. The van der Waals surface area contributed by atoms with Gasteiger partial charge in [0.1, 0.15) is 0 Å². The van der Waals surface area contributed by atoms with E-state index < -0.39 is 10.4 Å². The van der Waals surface area contributed by atoms with Crippen LogP contribution in [0.2, 0.25) is 0 Å². The third-order valence-corrected chi connectivity index (χ3v) is 3.72. The quantitative estimate of drug-likeness (QED) is 0.118. The van der Waals surface area contributed by atoms with Crippen molar-refractivity contribution in [1.29, 1.82) is 0 Å². The predicted molar refractivity (Wildman–Crippen MR) is 99.0 cm³/mol. The van der Waals surface area contributed by atoms with Crippen LogP contribution in [0.3, 0.4) is 0 Å². The van der Waals surface area contributed by atoms with Gasteiger partial charge in [-0.1, -0.05) is 76.9 Å². The summed E-state index contributed by atoms with van der Waals surface area (Å²) in [5.41, 5.74) is 5.47. The second-order valence-corrected chi connectivity index (χ2v) is 6.95. The normalized spacial score (nSPS) is 10.6. The zero-order valence-corrected chi connectivity index (χ0v) is 22.2. The van der Waals surface area contributed by atoms with E-state index in [4.69, 9.17) is 23.3 Å². The molecule has 0 saturated carbocycles. The number of unbranched alkanes of at least 4 members (excludes halogenated alkanes) is 12. The average Bonchev–Trinajstić information content (AvgIpc) is 2.49. The molecular weight excluding hydrogens is 372 g/mol. The molecule has 0 spiro atoms. The first-order valence-corrected chi connectivity index (χ1v) is 10.8. The molecule has 8 heteroatoms. The minimum absolute atomic E-state index is 0. The molecular formula is C18H37NNa2O4S. The van der Waals surface area contributed by atoms with Crippen LogP contribution < -0.4 is 64.8 Å². The van der Waals surface area contributed by atoms with Gasteiger partial charge in [-0.05, 0) is 38.6 Å². The first-order chi connectivity index (χ1) is 11.4. The minimum atomic E-state index is -5.17. The van der Waals surface area contributed by atoms with Crippen molar-refractivity contribution in [3.05, 3.63) is 12.2 Å². The standard InChI is InChI=1S/C18H37N.2Na.H2O4S/c1-2-3-4-5-6-7-8-9-10-11-12-13-14-15-16-17-18-19;;;1-5(2,3)4/h9-10H,2-8,11-19H2,1H3;;;(H2,1,2,3,4)/q;2*+1;/p-2/b10-9-;;;. The van der Waals surface area contributed by atoms with Crippen molar-refractivity contribution in [2.45, 2.75) is 96.8 Å². The Bertz CT molecular complexity index is 358. The number of allylic oxidation sites excluding steroid dienone is 2. The van der Waals surface area contributed by atoms with Gasteiger partial charge < -0.3 is 14.8 Å². The van der Waals surface area contributed by atoms with Gasteiger partial charge in [0.25, 0.3) is 0 Å². The van der Waals surface area contributed by atoms with Crippen LogP contribution in [0.15, 0.2) is 12.2 Å². The molecule has 5 nitrogen and oxygen atoms in total. The zero-order valence-electron chi connectivity index (χ0n) is 17.4. The second kappa shape index (κ2) is 28.8. The summed E-state index contributed by atoms with van der Waals surface area (Å²) < 4.78 is 34.1. The van der Waals surface area contributed by atoms with Gasteiger partial charge in [0.05, 0.1) is 0 Å². The predicted octanol–water partition coefficient (Wildman–Crippen LogP) is -1.35. The van der Waals surface area contributed by atoms with Gasteiger partial charge in [-0.3, -0.25) is 8.42 Å². The Kier molecular flexibility index (Phi) is 38.8. The third kappa shape index (κ3) is 50.0. The molecule has 0 aromatic heterocycles. The van der Waals surface area contributed by atoms with Gasteiger partial charge in [0, 0.05) is 10.4 Å². The fraction of sp³-hybridized carbons (Fsp3) is 0.889. The maximum Gasteiger partial charge on any atom is 1.00 e. The maximum absolute atomic E-state index is 8.52. The molecule has 0 aliphatic carbocycles. The van der Waals surface area contributed by atoms with Crippen molar-refractivity contribution in [3.8, 4) is 0 Å². The molecule has 146 valence electrons. The summed E-state index contributed by atoms with van der Waals surface area (Å²) in [4.78, 5) is 0. The number of nitrogens with two attached hydrogens (primary N) is 1. The van der Waals surface area contributed by atoms with Gasteiger partial charge >= 0.3 is 59.1 Å². The van der Waals surface area contributed by atoms with Crippen LogP contribution in [0.25, 0.3) is 0 Å². The molecule has 0 radical (unpaired) electrons. The van der Waals surface area contributed by atoms with Crippen LogP contribution in [0.4, 0.5) is 0 Å². The molecule has 0 unspecified atom stereocenters. The van der Waals surface area contributed by atoms with Crippen molar-refractivity contribution in [2.75, 3.05) is 6.54 Å². The van der Waals surface area contributed by atoms with Crippen LogP contribution in [-0.2, 0) is 10.4 Å². The van der Waals surface area contributed by atoms with Crippen molar-refractivity contribution < 1.29 is 76.6 Å². The molecule has 0 atom stereocenters. The first-order valence-electron chi connectivity index (χ1n) is 9.43. The monoisotopic (exact) mass is 409 g/mol. The topological polar surface area (TPSA) is 106 Å². The molecule has 0 aromatic rings. The van der Waals surface area contributed by atoms with E-state index in [9.17, 15) is 0 Å². The molecule has 0 aliphatic rings. The Hall–Kier alpha value is 1.57. The van der Waals surface area contributed by atoms with Crippen LogP contribution >= 0.6 is 0 Å². The van der Waals surface area contributed by atoms with Crippen LogP contribution in [0.1, 0.15) is 96.8 Å². The van der Waals surface area contributed by atoms with E-state index in [-0.39, 0.29) is 59.1 Å². The van der Waals surface area contributed by atoms with Crippen molar-refractivity contribution in [2.24, 2.45) is 5.73 Å². The second-order valence-electron chi connectivity index (χ2n) is 6.13. The average molecular weight is 410 g/mol. The molecule has 0 bridgehead atoms. The van der Waals surface area contributed by atoms with Gasteiger partial charge in [0.2, 0.25) is 0 Å². The molecule has 0 aliphatic heterocycles. The molecule has 0 aromatic carbocycles. The molecule has 0 saturated heterocycles. The smallest absolute Gasteiger partial charge is 0.759 e. The summed E-state index contributed by atoms with van der Waals surface area (Å²) in [5, 5.41) is 0. The number of rotatable bonds is 15. The van der Waals surface area contributed by atoms with Crippen LogP contribution in [0, 0.1) is 0 Å². The largest absolute Gasteiger partial charge is 1.00 e. The molecule has 2 N–H and O–H groups in total. The summed E-state index contributed by atoms with van der Waals surface area (Å²) in [7, 11) is -5.17. The Morgan fingerprint density at radius 2 is 1.00 bits per heavy atom. The Labute approximate surface area is 206 Å². The van der Waals surface area contributed by atoms with Crippen molar-refractivity contribution in [3.63, 3.8) is 0 Å². The fourth-order valence-corrected chi connectivity index (χ4v) is 2.39. The SMILES string of the molecule is CCCCCCCC/C=C\CCCCCCCCN.O=S(=O)([O-])[O-].[Na+].[Na+]. The summed E-state index contributed by atoms with van der Waals surface area (Å²) in [5.74, 6) is 0. The van der Waals surface area contributed by atoms with Gasteiger partial charge in [-0.15, -0.1) is 0 Å².